The van der Waals surface area contributed by atoms with Crippen LogP contribution in [-0.4, -0.2) is 45.9 Å². The van der Waals surface area contributed by atoms with Crippen LogP contribution >= 0.6 is 23.2 Å². The molecule has 0 aliphatic heterocycles. The second-order valence-corrected chi connectivity index (χ2v) is 8.62. The van der Waals surface area contributed by atoms with E-state index in [1.807, 2.05) is 0 Å². The van der Waals surface area contributed by atoms with E-state index in [-0.39, 0.29) is 26.2 Å². The van der Waals surface area contributed by atoms with Crippen molar-refractivity contribution in [2.24, 2.45) is 0 Å². The number of ether oxygens (including phenoxy) is 2. The van der Waals surface area contributed by atoms with Crippen molar-refractivity contribution in [3.05, 3.63) is 45.9 Å². The summed E-state index contributed by atoms with van der Waals surface area (Å²) in [6.07, 6.45) is 0. The molecule has 0 aliphatic carbocycles. The molecule has 1 N–H and O–H groups in total. The van der Waals surface area contributed by atoms with Gasteiger partial charge in [0.05, 0.1) is 40.4 Å². The molecule has 2 aromatic rings. The highest BCUT2D eigenvalue weighted by Gasteiger charge is 2.24. The Labute approximate surface area is 180 Å². The number of sulfonamides is 1. The second kappa shape index (κ2) is 9.67. The summed E-state index contributed by atoms with van der Waals surface area (Å²) in [5.74, 6) is 0.0978. The minimum absolute atomic E-state index is 0.00823. The number of anilines is 1. The number of hydrogen-bond acceptors (Lipinski definition) is 5. The van der Waals surface area contributed by atoms with Crippen molar-refractivity contribution >= 4 is 44.8 Å². The third kappa shape index (κ3) is 4.95. The standard InChI is InChI=1S/C19H22Cl2N2O5S/c1-5-23(6-2)29(25,26)12-7-8-14(20)13(9-12)19(24)22-16-10-15(21)17(27-3)11-18(16)28-4/h7-11H,5-6H2,1-4H3,(H,22,24). The first kappa shape index (κ1) is 23.3. The van der Waals surface area contributed by atoms with Gasteiger partial charge in [-0.3, -0.25) is 4.79 Å². The minimum atomic E-state index is -3.74. The van der Waals surface area contributed by atoms with Crippen molar-refractivity contribution in [2.45, 2.75) is 18.7 Å². The van der Waals surface area contributed by atoms with Crippen LogP contribution in [0.2, 0.25) is 10.0 Å². The predicted octanol–water partition coefficient (Wildman–Crippen LogP) is 4.29. The largest absolute Gasteiger partial charge is 0.495 e. The Kier molecular flexibility index (Phi) is 7.76. The number of carbonyl (C=O) groups is 1. The molecule has 158 valence electrons. The molecule has 0 saturated carbocycles. The first-order valence-corrected chi connectivity index (χ1v) is 10.9. The molecule has 7 nitrogen and oxygen atoms in total. The van der Waals surface area contributed by atoms with Gasteiger partial charge >= 0.3 is 0 Å². The quantitative estimate of drug-likeness (QED) is 0.634. The molecule has 0 atom stereocenters. The van der Waals surface area contributed by atoms with Crippen molar-refractivity contribution in [3.8, 4) is 11.5 Å². The van der Waals surface area contributed by atoms with Crippen LogP contribution in [0.25, 0.3) is 0 Å². The van der Waals surface area contributed by atoms with Crippen LogP contribution in [0.15, 0.2) is 35.2 Å². The maximum atomic E-state index is 12.8. The molecule has 0 fully saturated rings. The molecule has 2 aromatic carbocycles. The molecule has 10 heteroatoms. The van der Waals surface area contributed by atoms with E-state index in [1.54, 1.807) is 13.8 Å². The van der Waals surface area contributed by atoms with Crippen LogP contribution in [0, 0.1) is 0 Å². The van der Waals surface area contributed by atoms with E-state index >= 15 is 0 Å². The highest BCUT2D eigenvalue weighted by atomic mass is 35.5. The van der Waals surface area contributed by atoms with E-state index in [4.69, 9.17) is 32.7 Å². The van der Waals surface area contributed by atoms with E-state index in [9.17, 15) is 13.2 Å². The zero-order chi connectivity index (χ0) is 21.8. The number of benzene rings is 2. The van der Waals surface area contributed by atoms with Crippen LogP contribution < -0.4 is 14.8 Å². The number of hydrogen-bond donors (Lipinski definition) is 1. The molecule has 0 aromatic heterocycles. The topological polar surface area (TPSA) is 84.9 Å². The minimum Gasteiger partial charge on any atom is -0.495 e. The van der Waals surface area contributed by atoms with Crippen LogP contribution in [0.3, 0.4) is 0 Å². The monoisotopic (exact) mass is 460 g/mol. The Morgan fingerprint density at radius 3 is 2.17 bits per heavy atom. The third-order valence-electron chi connectivity index (χ3n) is 4.25. The zero-order valence-electron chi connectivity index (χ0n) is 16.5. The lowest BCUT2D eigenvalue weighted by Crippen LogP contribution is -2.30. The summed E-state index contributed by atoms with van der Waals surface area (Å²) in [6, 6.07) is 7.01. The van der Waals surface area contributed by atoms with E-state index < -0.39 is 15.9 Å². The summed E-state index contributed by atoms with van der Waals surface area (Å²) in [5.41, 5.74) is 0.297. The fourth-order valence-corrected chi connectivity index (χ4v) is 4.63. The Bertz CT molecular complexity index is 1010. The second-order valence-electron chi connectivity index (χ2n) is 5.87. The van der Waals surface area contributed by atoms with Gasteiger partial charge in [0.15, 0.2) is 0 Å². The number of halogens is 2. The first-order valence-electron chi connectivity index (χ1n) is 8.72. The number of nitrogens with zero attached hydrogens (tertiary/aromatic N) is 1. The molecule has 0 spiro atoms. The first-order chi connectivity index (χ1) is 13.7. The molecule has 0 aliphatic rings. The van der Waals surface area contributed by atoms with Crippen LogP contribution in [0.1, 0.15) is 24.2 Å². The van der Waals surface area contributed by atoms with E-state index in [0.717, 1.165) is 0 Å². The van der Waals surface area contributed by atoms with E-state index in [2.05, 4.69) is 5.32 Å². The fourth-order valence-electron chi connectivity index (χ4n) is 2.70. The van der Waals surface area contributed by atoms with Crippen molar-refractivity contribution in [2.75, 3.05) is 32.6 Å². The lowest BCUT2D eigenvalue weighted by molar-refractivity contribution is 0.102. The summed E-state index contributed by atoms with van der Waals surface area (Å²) in [7, 11) is -0.851. The summed E-state index contributed by atoms with van der Waals surface area (Å²) in [5, 5.41) is 3.03. The van der Waals surface area contributed by atoms with Gasteiger partial charge in [-0.25, -0.2) is 8.42 Å². The summed E-state index contributed by atoms with van der Waals surface area (Å²) in [6.45, 7) is 4.10. The molecule has 0 heterocycles. The van der Waals surface area contributed by atoms with Crippen molar-refractivity contribution in [1.29, 1.82) is 0 Å². The van der Waals surface area contributed by atoms with E-state index in [0.29, 0.717) is 24.6 Å². The Balaban J connectivity index is 2.43. The zero-order valence-corrected chi connectivity index (χ0v) is 18.8. The number of amides is 1. The van der Waals surface area contributed by atoms with Gasteiger partial charge in [0, 0.05) is 19.2 Å². The molecule has 1 amide bonds. The number of carbonyl (C=O) groups excluding carboxylic acids is 1. The molecule has 0 saturated heterocycles. The molecular weight excluding hydrogens is 439 g/mol. The van der Waals surface area contributed by atoms with Crippen LogP contribution in [-0.2, 0) is 10.0 Å². The highest BCUT2D eigenvalue weighted by Crippen LogP contribution is 2.36. The molecular formula is C19H22Cl2N2O5S. The van der Waals surface area contributed by atoms with Gasteiger partial charge in [-0.2, -0.15) is 4.31 Å². The molecule has 2 rings (SSSR count). The van der Waals surface area contributed by atoms with Gasteiger partial charge in [-0.1, -0.05) is 37.0 Å². The maximum absolute atomic E-state index is 12.8. The van der Waals surface area contributed by atoms with Gasteiger partial charge in [0.25, 0.3) is 5.91 Å². The molecule has 0 bridgehead atoms. The smallest absolute Gasteiger partial charge is 0.257 e. The van der Waals surface area contributed by atoms with Gasteiger partial charge in [-0.15, -0.1) is 0 Å². The van der Waals surface area contributed by atoms with Crippen LogP contribution in [0.5, 0.6) is 11.5 Å². The average Bonchev–Trinajstić information content (AvgIpc) is 2.69. The summed E-state index contributed by atoms with van der Waals surface area (Å²) >= 11 is 12.3. The molecule has 0 radical (unpaired) electrons. The number of rotatable bonds is 8. The third-order valence-corrected chi connectivity index (χ3v) is 6.92. The van der Waals surface area contributed by atoms with Crippen molar-refractivity contribution in [1.82, 2.24) is 4.31 Å². The summed E-state index contributed by atoms with van der Waals surface area (Å²) < 4.78 is 37.2. The maximum Gasteiger partial charge on any atom is 0.257 e. The number of methoxy groups -OCH3 is 2. The lowest BCUT2D eigenvalue weighted by Gasteiger charge is -2.19. The van der Waals surface area contributed by atoms with Gasteiger partial charge in [0.1, 0.15) is 11.5 Å². The summed E-state index contributed by atoms with van der Waals surface area (Å²) in [4.78, 5) is 12.8. The van der Waals surface area contributed by atoms with Crippen LogP contribution in [0.4, 0.5) is 5.69 Å². The van der Waals surface area contributed by atoms with Crippen molar-refractivity contribution in [3.63, 3.8) is 0 Å². The number of nitrogens with one attached hydrogen (secondary N) is 1. The van der Waals surface area contributed by atoms with Gasteiger partial charge < -0.3 is 14.8 Å². The van der Waals surface area contributed by atoms with Gasteiger partial charge in [0.2, 0.25) is 10.0 Å². The van der Waals surface area contributed by atoms with E-state index in [1.165, 1.54) is 48.9 Å². The fraction of sp³-hybridized carbons (Fsp3) is 0.316. The van der Waals surface area contributed by atoms with Gasteiger partial charge in [-0.05, 0) is 24.3 Å². The highest BCUT2D eigenvalue weighted by molar-refractivity contribution is 7.89. The average molecular weight is 461 g/mol. The Hall–Kier alpha value is -2.00. The molecule has 0 unspecified atom stereocenters. The normalized spacial score (nSPS) is 11.4. The SMILES string of the molecule is CCN(CC)S(=O)(=O)c1ccc(Cl)c(C(=O)Nc2cc(Cl)c(OC)cc2OC)c1. The lowest BCUT2D eigenvalue weighted by atomic mass is 10.2. The molecule has 29 heavy (non-hydrogen) atoms. The van der Waals surface area contributed by atoms with Crippen molar-refractivity contribution < 1.29 is 22.7 Å². The Morgan fingerprint density at radius 2 is 1.62 bits per heavy atom. The Morgan fingerprint density at radius 1 is 1.00 bits per heavy atom. The predicted molar refractivity (Wildman–Crippen MR) is 114 cm³/mol.